The standard InChI is InChI=1S/C9H11N5O2S/c10-8-7-9(12-3-11-8)14(4-13-7)5-2-16-6(1-15)17-5/h3-6,15H,1-2H2,(H2,10,11,12)/t5-,6+/m0/s1. The molecule has 2 atom stereocenters. The molecule has 3 N–H and O–H groups in total. The highest BCUT2D eigenvalue weighted by atomic mass is 32.2. The number of anilines is 1. The molecular weight excluding hydrogens is 242 g/mol. The Kier molecular flexibility index (Phi) is 2.61. The summed E-state index contributed by atoms with van der Waals surface area (Å²) in [6.07, 6.45) is 3.09. The SMILES string of the molecule is Nc1ncnc2c1ncn2[C@@H]1CO[C@@H](CO)S1. The van der Waals surface area contributed by atoms with Crippen molar-refractivity contribution in [2.45, 2.75) is 10.8 Å². The van der Waals surface area contributed by atoms with Crippen molar-refractivity contribution in [3.05, 3.63) is 12.7 Å². The lowest BCUT2D eigenvalue weighted by atomic mass is 10.5. The average Bonchev–Trinajstić information content (AvgIpc) is 2.94. The molecule has 3 heterocycles. The predicted octanol–water partition coefficient (Wildman–Crippen LogP) is -0.0111. The lowest BCUT2D eigenvalue weighted by molar-refractivity contribution is 0.0810. The monoisotopic (exact) mass is 253 g/mol. The number of thioether (sulfide) groups is 1. The van der Waals surface area contributed by atoms with E-state index in [-0.39, 0.29) is 17.4 Å². The molecule has 0 saturated carbocycles. The molecular formula is C9H11N5O2S. The first kappa shape index (κ1) is 10.8. The van der Waals surface area contributed by atoms with Gasteiger partial charge in [-0.25, -0.2) is 15.0 Å². The van der Waals surface area contributed by atoms with Gasteiger partial charge >= 0.3 is 0 Å². The molecule has 2 aromatic rings. The van der Waals surface area contributed by atoms with Crippen LogP contribution in [0.1, 0.15) is 5.37 Å². The first-order chi connectivity index (χ1) is 8.29. The topological polar surface area (TPSA) is 99.1 Å². The number of hydrogen-bond acceptors (Lipinski definition) is 7. The fraction of sp³-hybridized carbons (Fsp3) is 0.444. The van der Waals surface area contributed by atoms with Gasteiger partial charge in [-0.1, -0.05) is 0 Å². The number of aliphatic hydroxyl groups is 1. The highest BCUT2D eigenvalue weighted by molar-refractivity contribution is 8.00. The molecule has 1 saturated heterocycles. The summed E-state index contributed by atoms with van der Waals surface area (Å²) >= 11 is 1.54. The van der Waals surface area contributed by atoms with Crippen molar-refractivity contribution in [3.8, 4) is 0 Å². The van der Waals surface area contributed by atoms with E-state index >= 15 is 0 Å². The van der Waals surface area contributed by atoms with Crippen LogP contribution in [0.25, 0.3) is 11.2 Å². The number of aromatic nitrogens is 4. The van der Waals surface area contributed by atoms with E-state index in [1.165, 1.54) is 18.1 Å². The van der Waals surface area contributed by atoms with Gasteiger partial charge in [0.15, 0.2) is 11.5 Å². The molecule has 0 aliphatic carbocycles. The number of aliphatic hydroxyl groups excluding tert-OH is 1. The number of imidazole rings is 1. The smallest absolute Gasteiger partial charge is 0.166 e. The van der Waals surface area contributed by atoms with Crippen LogP contribution in [-0.4, -0.2) is 43.3 Å². The number of nitrogen functional groups attached to an aromatic ring is 1. The summed E-state index contributed by atoms with van der Waals surface area (Å²) in [7, 11) is 0. The molecule has 8 heteroatoms. The lowest BCUT2D eigenvalue weighted by Crippen LogP contribution is -2.05. The van der Waals surface area contributed by atoms with Crippen LogP contribution in [0.4, 0.5) is 5.82 Å². The van der Waals surface area contributed by atoms with Gasteiger partial charge in [0.25, 0.3) is 0 Å². The maximum absolute atomic E-state index is 9.02. The van der Waals surface area contributed by atoms with E-state index in [9.17, 15) is 0 Å². The Hall–Kier alpha value is -1.38. The summed E-state index contributed by atoms with van der Waals surface area (Å²) in [4.78, 5) is 12.3. The molecule has 0 radical (unpaired) electrons. The van der Waals surface area contributed by atoms with Crippen molar-refractivity contribution in [2.24, 2.45) is 0 Å². The van der Waals surface area contributed by atoms with Crippen LogP contribution in [-0.2, 0) is 4.74 Å². The molecule has 0 amide bonds. The number of fused-ring (bicyclic) bond motifs is 1. The van der Waals surface area contributed by atoms with E-state index in [1.807, 2.05) is 4.57 Å². The van der Waals surface area contributed by atoms with Crippen LogP contribution in [0.3, 0.4) is 0 Å². The molecule has 90 valence electrons. The van der Waals surface area contributed by atoms with Gasteiger partial charge in [-0.05, 0) is 0 Å². The second kappa shape index (κ2) is 4.13. The van der Waals surface area contributed by atoms with Crippen molar-refractivity contribution in [3.63, 3.8) is 0 Å². The molecule has 1 aliphatic heterocycles. The van der Waals surface area contributed by atoms with Crippen LogP contribution in [0, 0.1) is 0 Å². The first-order valence-electron chi connectivity index (χ1n) is 5.10. The minimum atomic E-state index is -0.184. The maximum atomic E-state index is 9.02. The van der Waals surface area contributed by atoms with Crippen LogP contribution in [0.5, 0.6) is 0 Å². The van der Waals surface area contributed by atoms with Crippen molar-refractivity contribution < 1.29 is 9.84 Å². The van der Waals surface area contributed by atoms with Gasteiger partial charge in [0.05, 0.1) is 19.5 Å². The van der Waals surface area contributed by atoms with E-state index < -0.39 is 0 Å². The number of nitrogens with two attached hydrogens (primary N) is 1. The van der Waals surface area contributed by atoms with Gasteiger partial charge < -0.3 is 15.6 Å². The second-order valence-corrected chi connectivity index (χ2v) is 4.96. The number of rotatable bonds is 2. The third-order valence-electron chi connectivity index (χ3n) is 2.58. The normalized spacial score (nSPS) is 24.5. The summed E-state index contributed by atoms with van der Waals surface area (Å²) in [6, 6.07) is 0. The maximum Gasteiger partial charge on any atom is 0.166 e. The average molecular weight is 253 g/mol. The molecule has 0 bridgehead atoms. The molecule has 2 aromatic heterocycles. The Morgan fingerprint density at radius 3 is 3.18 bits per heavy atom. The summed E-state index contributed by atoms with van der Waals surface area (Å²) < 4.78 is 7.30. The summed E-state index contributed by atoms with van der Waals surface area (Å²) in [5.74, 6) is 0.372. The number of hydrogen-bond donors (Lipinski definition) is 2. The zero-order valence-electron chi connectivity index (χ0n) is 8.85. The Morgan fingerprint density at radius 2 is 2.41 bits per heavy atom. The van der Waals surface area contributed by atoms with Crippen LogP contribution < -0.4 is 5.73 Å². The molecule has 17 heavy (non-hydrogen) atoms. The van der Waals surface area contributed by atoms with Gasteiger partial charge in [-0.2, -0.15) is 0 Å². The number of nitrogens with zero attached hydrogens (tertiary/aromatic N) is 4. The third kappa shape index (κ3) is 1.74. The highest BCUT2D eigenvalue weighted by Crippen LogP contribution is 2.36. The molecule has 1 fully saturated rings. The van der Waals surface area contributed by atoms with Crippen molar-refractivity contribution >= 4 is 28.7 Å². The van der Waals surface area contributed by atoms with E-state index in [4.69, 9.17) is 15.6 Å². The van der Waals surface area contributed by atoms with Crippen LogP contribution >= 0.6 is 11.8 Å². The van der Waals surface area contributed by atoms with E-state index in [1.54, 1.807) is 6.33 Å². The van der Waals surface area contributed by atoms with Gasteiger partial charge in [-0.3, -0.25) is 4.57 Å². The first-order valence-corrected chi connectivity index (χ1v) is 6.05. The van der Waals surface area contributed by atoms with E-state index in [0.717, 1.165) is 0 Å². The highest BCUT2D eigenvalue weighted by Gasteiger charge is 2.28. The zero-order valence-corrected chi connectivity index (χ0v) is 9.67. The molecule has 0 aromatic carbocycles. The minimum Gasteiger partial charge on any atom is -0.393 e. The quantitative estimate of drug-likeness (QED) is 0.776. The predicted molar refractivity (Wildman–Crippen MR) is 63.2 cm³/mol. The third-order valence-corrected chi connectivity index (χ3v) is 3.85. The van der Waals surface area contributed by atoms with Gasteiger partial charge in [-0.15, -0.1) is 11.8 Å². The minimum absolute atomic E-state index is 0.00488. The van der Waals surface area contributed by atoms with E-state index in [2.05, 4.69) is 15.0 Å². The second-order valence-electron chi connectivity index (χ2n) is 3.62. The van der Waals surface area contributed by atoms with Gasteiger partial charge in [0.1, 0.15) is 22.7 Å². The summed E-state index contributed by atoms with van der Waals surface area (Å²) in [5, 5.41) is 9.08. The Labute approximate surface area is 101 Å². The lowest BCUT2D eigenvalue weighted by Gasteiger charge is -2.09. The molecule has 1 aliphatic rings. The van der Waals surface area contributed by atoms with Gasteiger partial charge in [0, 0.05) is 0 Å². The molecule has 7 nitrogen and oxygen atoms in total. The molecule has 0 unspecified atom stereocenters. The van der Waals surface area contributed by atoms with Crippen molar-refractivity contribution in [1.82, 2.24) is 19.5 Å². The van der Waals surface area contributed by atoms with Crippen LogP contribution in [0.2, 0.25) is 0 Å². The van der Waals surface area contributed by atoms with Crippen molar-refractivity contribution in [1.29, 1.82) is 0 Å². The Bertz CT molecular complexity index is 545. The Morgan fingerprint density at radius 1 is 1.53 bits per heavy atom. The molecule has 3 rings (SSSR count). The zero-order chi connectivity index (χ0) is 11.8. The summed E-state index contributed by atoms with van der Waals surface area (Å²) in [6.45, 7) is 0.524. The largest absolute Gasteiger partial charge is 0.393 e. The fourth-order valence-corrected chi connectivity index (χ4v) is 2.80. The van der Waals surface area contributed by atoms with Gasteiger partial charge in [0.2, 0.25) is 0 Å². The van der Waals surface area contributed by atoms with Crippen LogP contribution in [0.15, 0.2) is 12.7 Å². The summed E-state index contributed by atoms with van der Waals surface area (Å²) in [5.41, 5.74) is 6.82. The van der Waals surface area contributed by atoms with E-state index in [0.29, 0.717) is 23.6 Å². The number of ether oxygens (including phenoxy) is 1. The van der Waals surface area contributed by atoms with Crippen molar-refractivity contribution in [2.75, 3.05) is 18.9 Å². The fourth-order valence-electron chi connectivity index (χ4n) is 1.77. The molecule has 0 spiro atoms. The Balaban J connectivity index is 1.99.